The molecule has 3 nitrogen and oxygen atoms in total. The van der Waals surface area contributed by atoms with Gasteiger partial charge in [-0.25, -0.2) is 0 Å². The zero-order valence-corrected chi connectivity index (χ0v) is 11.0. The lowest BCUT2D eigenvalue weighted by atomic mass is 10.1. The van der Waals surface area contributed by atoms with Crippen LogP contribution in [-0.4, -0.2) is 35.1 Å². The van der Waals surface area contributed by atoms with Gasteiger partial charge < -0.3 is 10.0 Å². The Morgan fingerprint density at radius 3 is 2.79 bits per heavy atom. The van der Waals surface area contributed by atoms with Crippen LogP contribution in [0.1, 0.15) is 31.2 Å². The van der Waals surface area contributed by atoms with Crippen LogP contribution in [0.25, 0.3) is 0 Å². The van der Waals surface area contributed by atoms with Gasteiger partial charge in [-0.15, -0.1) is 0 Å². The van der Waals surface area contributed by atoms with E-state index in [4.69, 9.17) is 0 Å². The summed E-state index contributed by atoms with van der Waals surface area (Å²) in [7, 11) is 0. The highest BCUT2D eigenvalue weighted by molar-refractivity contribution is 5.94. The van der Waals surface area contributed by atoms with E-state index in [2.05, 4.69) is 11.8 Å². The topological polar surface area (TPSA) is 40.5 Å². The molecule has 1 aromatic carbocycles. The maximum Gasteiger partial charge on any atom is 0.299 e. The molecule has 0 bridgehead atoms. The van der Waals surface area contributed by atoms with Gasteiger partial charge in [0.15, 0.2) is 0 Å². The van der Waals surface area contributed by atoms with Crippen molar-refractivity contribution in [2.75, 3.05) is 13.2 Å². The first-order valence-electron chi connectivity index (χ1n) is 6.80. The van der Waals surface area contributed by atoms with Crippen molar-refractivity contribution in [3.05, 3.63) is 35.9 Å². The SMILES string of the molecule is O=C(C#Cc1ccccc1)N1CCCCCC1CO. The van der Waals surface area contributed by atoms with Gasteiger partial charge in [-0.2, -0.15) is 0 Å². The van der Waals surface area contributed by atoms with E-state index in [0.717, 1.165) is 31.2 Å². The lowest BCUT2D eigenvalue weighted by Gasteiger charge is -2.26. The van der Waals surface area contributed by atoms with Crippen molar-refractivity contribution >= 4 is 5.91 Å². The molecule has 19 heavy (non-hydrogen) atoms. The molecule has 1 N–H and O–H groups in total. The Morgan fingerprint density at radius 2 is 2.05 bits per heavy atom. The Bertz CT molecular complexity index is 473. The molecule has 1 aromatic rings. The molecule has 1 fully saturated rings. The summed E-state index contributed by atoms with van der Waals surface area (Å²) in [5.41, 5.74) is 0.839. The van der Waals surface area contributed by atoms with Crippen LogP contribution >= 0.6 is 0 Å². The summed E-state index contributed by atoms with van der Waals surface area (Å²) in [5, 5.41) is 9.38. The fourth-order valence-electron chi connectivity index (χ4n) is 2.35. The van der Waals surface area contributed by atoms with Crippen molar-refractivity contribution in [3.63, 3.8) is 0 Å². The maximum absolute atomic E-state index is 12.1. The highest BCUT2D eigenvalue weighted by Crippen LogP contribution is 2.16. The molecule has 1 atom stereocenters. The molecule has 0 aliphatic carbocycles. The minimum absolute atomic E-state index is 0.0265. The van der Waals surface area contributed by atoms with Crippen molar-refractivity contribution in [1.82, 2.24) is 4.90 Å². The van der Waals surface area contributed by atoms with Gasteiger partial charge in [0.1, 0.15) is 0 Å². The molecule has 0 spiro atoms. The van der Waals surface area contributed by atoms with Gasteiger partial charge in [-0.1, -0.05) is 37.0 Å². The Hall–Kier alpha value is -1.79. The minimum atomic E-state index is -0.176. The second kappa shape index (κ2) is 6.96. The molecule has 1 aliphatic rings. The molecule has 1 amide bonds. The molecule has 2 rings (SSSR count). The third kappa shape index (κ3) is 3.84. The van der Waals surface area contributed by atoms with Crippen LogP contribution in [0.4, 0.5) is 0 Å². The third-order valence-corrected chi connectivity index (χ3v) is 3.44. The van der Waals surface area contributed by atoms with Crippen molar-refractivity contribution in [2.45, 2.75) is 31.7 Å². The average molecular weight is 257 g/mol. The molecule has 0 saturated carbocycles. The Labute approximate surface area is 114 Å². The first-order chi connectivity index (χ1) is 9.31. The standard InChI is InChI=1S/C16H19NO2/c18-13-15-9-5-2-6-12-17(15)16(19)11-10-14-7-3-1-4-8-14/h1,3-4,7-8,15,18H,2,5-6,9,12-13H2. The fourth-order valence-corrected chi connectivity index (χ4v) is 2.35. The molecule has 100 valence electrons. The third-order valence-electron chi connectivity index (χ3n) is 3.44. The number of likely N-dealkylation sites (tertiary alicyclic amines) is 1. The number of benzene rings is 1. The van der Waals surface area contributed by atoms with Gasteiger partial charge in [0.2, 0.25) is 0 Å². The van der Waals surface area contributed by atoms with Crippen LogP contribution in [-0.2, 0) is 4.79 Å². The van der Waals surface area contributed by atoms with Crippen molar-refractivity contribution in [2.24, 2.45) is 0 Å². The minimum Gasteiger partial charge on any atom is -0.394 e. The van der Waals surface area contributed by atoms with Gasteiger partial charge in [0.25, 0.3) is 5.91 Å². The summed E-state index contributed by atoms with van der Waals surface area (Å²) >= 11 is 0. The first kappa shape index (κ1) is 13.6. The van der Waals surface area contributed by atoms with Crippen LogP contribution < -0.4 is 0 Å². The van der Waals surface area contributed by atoms with E-state index in [9.17, 15) is 9.90 Å². The largest absolute Gasteiger partial charge is 0.394 e. The summed E-state index contributed by atoms with van der Waals surface area (Å²) in [6.07, 6.45) is 4.05. The van der Waals surface area contributed by atoms with E-state index < -0.39 is 0 Å². The second-order valence-corrected chi connectivity index (χ2v) is 4.80. The number of hydrogen-bond donors (Lipinski definition) is 1. The van der Waals surface area contributed by atoms with Crippen LogP contribution in [0.15, 0.2) is 30.3 Å². The van der Waals surface area contributed by atoms with Crippen molar-refractivity contribution < 1.29 is 9.90 Å². The predicted octanol–water partition coefficient (Wildman–Crippen LogP) is 1.80. The number of amides is 1. The van der Waals surface area contributed by atoms with Gasteiger partial charge in [0.05, 0.1) is 12.6 Å². The Kier molecular flexibility index (Phi) is 5.00. The van der Waals surface area contributed by atoms with E-state index >= 15 is 0 Å². The van der Waals surface area contributed by atoms with E-state index in [1.54, 1.807) is 4.90 Å². The number of hydrogen-bond acceptors (Lipinski definition) is 2. The van der Waals surface area contributed by atoms with Crippen molar-refractivity contribution in [1.29, 1.82) is 0 Å². The molecular weight excluding hydrogens is 238 g/mol. The summed E-state index contributed by atoms with van der Waals surface area (Å²) in [6, 6.07) is 9.41. The van der Waals surface area contributed by atoms with E-state index in [1.807, 2.05) is 30.3 Å². The fraction of sp³-hybridized carbons (Fsp3) is 0.438. The molecule has 1 unspecified atom stereocenters. The van der Waals surface area contributed by atoms with Gasteiger partial charge in [-0.05, 0) is 25.0 Å². The van der Waals surface area contributed by atoms with Crippen LogP contribution in [0.5, 0.6) is 0 Å². The van der Waals surface area contributed by atoms with Crippen molar-refractivity contribution in [3.8, 4) is 11.8 Å². The van der Waals surface area contributed by atoms with Gasteiger partial charge in [-0.3, -0.25) is 4.79 Å². The lowest BCUT2D eigenvalue weighted by molar-refractivity contribution is -0.128. The number of aliphatic hydroxyl groups is 1. The van der Waals surface area contributed by atoms with E-state index in [-0.39, 0.29) is 18.6 Å². The molecular formula is C16H19NO2. The second-order valence-electron chi connectivity index (χ2n) is 4.80. The van der Waals surface area contributed by atoms with E-state index in [0.29, 0.717) is 6.54 Å². The molecule has 3 heteroatoms. The Balaban J connectivity index is 2.07. The molecule has 1 heterocycles. The number of carbonyl (C=O) groups is 1. The number of nitrogens with zero attached hydrogens (tertiary/aromatic N) is 1. The van der Waals surface area contributed by atoms with Crippen LogP contribution in [0.3, 0.4) is 0 Å². The quantitative estimate of drug-likeness (QED) is 0.779. The predicted molar refractivity (Wildman–Crippen MR) is 74.4 cm³/mol. The smallest absolute Gasteiger partial charge is 0.299 e. The molecule has 0 aromatic heterocycles. The highest BCUT2D eigenvalue weighted by Gasteiger charge is 2.23. The average Bonchev–Trinajstić information content (AvgIpc) is 2.71. The zero-order valence-electron chi connectivity index (χ0n) is 11.0. The van der Waals surface area contributed by atoms with E-state index in [1.165, 1.54) is 0 Å². The zero-order chi connectivity index (χ0) is 13.5. The number of carbonyl (C=O) groups excluding carboxylic acids is 1. The highest BCUT2D eigenvalue weighted by atomic mass is 16.3. The van der Waals surface area contributed by atoms with Gasteiger partial charge >= 0.3 is 0 Å². The maximum atomic E-state index is 12.1. The van der Waals surface area contributed by atoms with Gasteiger partial charge in [0, 0.05) is 18.0 Å². The Morgan fingerprint density at radius 1 is 1.26 bits per heavy atom. The number of rotatable bonds is 1. The van der Waals surface area contributed by atoms with Crippen LogP contribution in [0.2, 0.25) is 0 Å². The molecule has 1 saturated heterocycles. The van der Waals surface area contributed by atoms with Crippen LogP contribution in [0, 0.1) is 11.8 Å². The molecule has 1 aliphatic heterocycles. The normalized spacial score (nSPS) is 19.2. The summed E-state index contributed by atoms with van der Waals surface area (Å²) in [5.74, 6) is 5.39. The lowest BCUT2D eigenvalue weighted by Crippen LogP contribution is -2.41. The summed E-state index contributed by atoms with van der Waals surface area (Å²) in [6.45, 7) is 0.728. The molecule has 0 radical (unpaired) electrons. The summed E-state index contributed by atoms with van der Waals surface area (Å²) in [4.78, 5) is 13.9. The monoisotopic (exact) mass is 257 g/mol. The summed E-state index contributed by atoms with van der Waals surface area (Å²) < 4.78 is 0. The number of aliphatic hydroxyl groups excluding tert-OH is 1. The first-order valence-corrected chi connectivity index (χ1v) is 6.80.